The molecule has 0 aromatic carbocycles. The van der Waals surface area contributed by atoms with Crippen LogP contribution in [0.5, 0.6) is 0 Å². The third-order valence-corrected chi connectivity index (χ3v) is 4.88. The van der Waals surface area contributed by atoms with Crippen molar-refractivity contribution >= 4 is 43.2 Å². The Bertz CT molecular complexity index is 792. The summed E-state index contributed by atoms with van der Waals surface area (Å²) in [6, 6.07) is 4.03. The first-order valence-corrected chi connectivity index (χ1v) is 9.59. The van der Waals surface area contributed by atoms with Gasteiger partial charge in [-0.1, -0.05) is 32.9 Å². The van der Waals surface area contributed by atoms with Crippen molar-refractivity contribution in [1.29, 1.82) is 0 Å². The van der Waals surface area contributed by atoms with E-state index in [0.29, 0.717) is 0 Å². The molecule has 0 unspecified atom stereocenters. The number of hydrogen-bond donors (Lipinski definition) is 0. The van der Waals surface area contributed by atoms with Crippen molar-refractivity contribution in [3.63, 3.8) is 0 Å². The maximum Gasteiger partial charge on any atom is 0.177 e. The number of aryl methyl sites for hydroxylation is 3. The number of nitrogens with zero attached hydrogens (tertiary/aromatic N) is 3. The Balaban J connectivity index is 0.000000190. The molecule has 0 amide bonds. The normalized spacial score (nSPS) is 9.52. The lowest BCUT2D eigenvalue weighted by Gasteiger charge is -1.84. The molecule has 4 heterocycles. The molecule has 0 fully saturated rings. The highest BCUT2D eigenvalue weighted by molar-refractivity contribution is 7.17. The molecule has 126 valence electrons. The quantitative estimate of drug-likeness (QED) is 0.379. The van der Waals surface area contributed by atoms with Crippen molar-refractivity contribution in [1.82, 2.24) is 14.9 Å². The van der Waals surface area contributed by atoms with Crippen LogP contribution >= 0.6 is 22.7 Å². The summed E-state index contributed by atoms with van der Waals surface area (Å²) in [6.45, 7) is 12.0. The van der Waals surface area contributed by atoms with Gasteiger partial charge in [-0.3, -0.25) is 4.68 Å². The second kappa shape index (κ2) is 9.47. The number of rotatable bonds is 0. The van der Waals surface area contributed by atoms with E-state index in [9.17, 15) is 0 Å². The van der Waals surface area contributed by atoms with Gasteiger partial charge in [0, 0.05) is 7.05 Å². The molecule has 0 saturated heterocycles. The highest BCUT2D eigenvalue weighted by atomic mass is 32.1. The van der Waals surface area contributed by atoms with E-state index in [-0.39, 0.29) is 0 Å². The van der Waals surface area contributed by atoms with Crippen LogP contribution < -0.4 is 0 Å². The minimum Gasteiger partial charge on any atom is -0.355 e. The zero-order chi connectivity index (χ0) is 17.4. The Morgan fingerprint density at radius 2 is 1.52 bits per heavy atom. The van der Waals surface area contributed by atoms with Gasteiger partial charge in [-0.2, -0.15) is 5.10 Å². The molecule has 4 aromatic rings. The molecule has 0 N–H and O–H groups in total. The monoisotopic (exact) mass is 351 g/mol. The van der Waals surface area contributed by atoms with Crippen LogP contribution in [0.4, 0.5) is 0 Å². The van der Waals surface area contributed by atoms with Gasteiger partial charge in [0.25, 0.3) is 0 Å². The van der Waals surface area contributed by atoms with Crippen LogP contribution in [0.3, 0.4) is 0 Å². The zero-order valence-corrected chi connectivity index (χ0v) is 16.5. The molecule has 0 aliphatic rings. The Morgan fingerprint density at radius 1 is 0.913 bits per heavy atom. The van der Waals surface area contributed by atoms with E-state index in [0.717, 1.165) is 21.7 Å². The Labute approximate surface area is 145 Å². The van der Waals surface area contributed by atoms with E-state index in [1.807, 2.05) is 64.7 Å². The van der Waals surface area contributed by atoms with Crippen molar-refractivity contribution in [2.45, 2.75) is 41.5 Å². The van der Waals surface area contributed by atoms with Crippen LogP contribution in [-0.4, -0.2) is 14.9 Å². The van der Waals surface area contributed by atoms with Gasteiger partial charge in [0.1, 0.15) is 0 Å². The second-order valence-electron chi connectivity index (χ2n) is 4.23. The standard InChI is InChI=1S/C7H8N2S.C6H5NOS.2C2H6/c1-5-7-6(3-4-10-7)9(2)8-5;1-4-6-5(8-7-4)2-3-9-6;2*1-2/h3-4H,1-2H3;2-3H,1H3;2*1-2H3. The highest BCUT2D eigenvalue weighted by Gasteiger charge is 2.03. The van der Waals surface area contributed by atoms with Crippen LogP contribution in [0.15, 0.2) is 27.4 Å². The molecule has 0 radical (unpaired) electrons. The summed E-state index contributed by atoms with van der Waals surface area (Å²) in [5, 5.41) is 12.2. The Morgan fingerprint density at radius 3 is 2.13 bits per heavy atom. The SMILES string of the molecule is CC.CC.Cc1nn(C)c2ccsc12.Cc1noc2ccsc12. The molecular formula is C17H25N3OS2. The molecular weight excluding hydrogens is 326 g/mol. The summed E-state index contributed by atoms with van der Waals surface area (Å²) in [7, 11) is 1.97. The zero-order valence-electron chi connectivity index (χ0n) is 14.9. The molecule has 4 aromatic heterocycles. The third kappa shape index (κ3) is 4.42. The summed E-state index contributed by atoms with van der Waals surface area (Å²) >= 11 is 3.42. The Hall–Kier alpha value is -1.66. The summed E-state index contributed by atoms with van der Waals surface area (Å²) in [4.78, 5) is 0. The maximum absolute atomic E-state index is 4.95. The topological polar surface area (TPSA) is 43.9 Å². The molecule has 0 atom stereocenters. The molecule has 0 aliphatic carbocycles. The predicted octanol–water partition coefficient (Wildman–Crippen LogP) is 6.19. The van der Waals surface area contributed by atoms with Gasteiger partial charge in [0.05, 0.1) is 26.3 Å². The number of aromatic nitrogens is 3. The van der Waals surface area contributed by atoms with Crippen LogP contribution in [0.2, 0.25) is 0 Å². The van der Waals surface area contributed by atoms with Gasteiger partial charge in [0.2, 0.25) is 0 Å². The smallest absolute Gasteiger partial charge is 0.177 e. The predicted molar refractivity (Wildman–Crippen MR) is 103 cm³/mol. The largest absolute Gasteiger partial charge is 0.355 e. The van der Waals surface area contributed by atoms with Crippen LogP contribution in [-0.2, 0) is 7.05 Å². The summed E-state index contributed by atoms with van der Waals surface area (Å²) < 4.78 is 9.34. The molecule has 0 saturated carbocycles. The van der Waals surface area contributed by atoms with Crippen molar-refractivity contribution in [2.75, 3.05) is 0 Å². The number of hydrogen-bond acceptors (Lipinski definition) is 5. The minimum atomic E-state index is 0.900. The fourth-order valence-corrected chi connectivity index (χ4v) is 3.57. The molecule has 6 heteroatoms. The van der Waals surface area contributed by atoms with E-state index in [1.165, 1.54) is 10.2 Å². The average molecular weight is 352 g/mol. The van der Waals surface area contributed by atoms with Gasteiger partial charge < -0.3 is 4.52 Å². The van der Waals surface area contributed by atoms with Gasteiger partial charge in [-0.15, -0.1) is 22.7 Å². The van der Waals surface area contributed by atoms with Gasteiger partial charge in [-0.05, 0) is 36.7 Å². The van der Waals surface area contributed by atoms with E-state index < -0.39 is 0 Å². The number of fused-ring (bicyclic) bond motifs is 2. The van der Waals surface area contributed by atoms with Crippen molar-refractivity contribution in [2.24, 2.45) is 7.05 Å². The van der Waals surface area contributed by atoms with Gasteiger partial charge in [0.15, 0.2) is 5.58 Å². The van der Waals surface area contributed by atoms with Crippen LogP contribution in [0.25, 0.3) is 20.5 Å². The molecule has 0 bridgehead atoms. The van der Waals surface area contributed by atoms with Crippen molar-refractivity contribution in [3.05, 3.63) is 34.3 Å². The van der Waals surface area contributed by atoms with Crippen molar-refractivity contribution < 1.29 is 4.52 Å². The van der Waals surface area contributed by atoms with E-state index >= 15 is 0 Å². The van der Waals surface area contributed by atoms with E-state index in [1.54, 1.807) is 22.7 Å². The third-order valence-electron chi connectivity index (χ3n) is 2.86. The first-order chi connectivity index (χ1) is 11.2. The van der Waals surface area contributed by atoms with E-state index in [2.05, 4.69) is 21.7 Å². The molecule has 0 spiro atoms. The first kappa shape index (κ1) is 19.4. The first-order valence-electron chi connectivity index (χ1n) is 7.83. The average Bonchev–Trinajstić information content (AvgIpc) is 3.33. The number of thiophene rings is 2. The van der Waals surface area contributed by atoms with Crippen LogP contribution in [0.1, 0.15) is 39.1 Å². The summed E-state index contributed by atoms with van der Waals surface area (Å²) in [5.74, 6) is 0. The lowest BCUT2D eigenvalue weighted by molar-refractivity contribution is 0.450. The van der Waals surface area contributed by atoms with Gasteiger partial charge >= 0.3 is 0 Å². The maximum atomic E-state index is 4.95. The molecule has 4 rings (SSSR count). The summed E-state index contributed by atoms with van der Waals surface area (Å²) in [6.07, 6.45) is 0. The summed E-state index contributed by atoms with van der Waals surface area (Å²) in [5.41, 5.74) is 4.26. The van der Waals surface area contributed by atoms with Gasteiger partial charge in [-0.25, -0.2) is 0 Å². The van der Waals surface area contributed by atoms with Crippen LogP contribution in [0, 0.1) is 13.8 Å². The fraction of sp³-hybridized carbons (Fsp3) is 0.412. The van der Waals surface area contributed by atoms with E-state index in [4.69, 9.17) is 4.52 Å². The lowest BCUT2D eigenvalue weighted by atomic mass is 10.4. The fourth-order valence-electron chi connectivity index (χ4n) is 1.94. The van der Waals surface area contributed by atoms with Crippen molar-refractivity contribution in [3.8, 4) is 0 Å². The molecule has 4 nitrogen and oxygen atoms in total. The molecule has 0 aliphatic heterocycles. The lowest BCUT2D eigenvalue weighted by Crippen LogP contribution is -1.88. The molecule has 23 heavy (non-hydrogen) atoms. The minimum absolute atomic E-state index is 0.900. The Kier molecular flexibility index (Phi) is 7.98. The highest BCUT2D eigenvalue weighted by Crippen LogP contribution is 2.23. The second-order valence-corrected chi connectivity index (χ2v) is 6.06.